The molecule has 2 aromatic carbocycles. The van der Waals surface area contributed by atoms with E-state index < -0.39 is 0 Å². The molecule has 1 fully saturated rings. The number of carbonyl (C=O) groups excluding carboxylic acids is 1. The van der Waals surface area contributed by atoms with E-state index in [2.05, 4.69) is 48.3 Å². The molecule has 0 saturated carbocycles. The zero-order valence-electron chi connectivity index (χ0n) is 17.0. The molecular formula is C24H31FN2O. The van der Waals surface area contributed by atoms with Gasteiger partial charge in [0.15, 0.2) is 0 Å². The van der Waals surface area contributed by atoms with Gasteiger partial charge in [0.25, 0.3) is 0 Å². The van der Waals surface area contributed by atoms with Gasteiger partial charge in [-0.15, -0.1) is 0 Å². The highest BCUT2D eigenvalue weighted by Gasteiger charge is 2.20. The van der Waals surface area contributed by atoms with Gasteiger partial charge in [0, 0.05) is 32.1 Å². The Morgan fingerprint density at radius 3 is 2.25 bits per heavy atom. The maximum absolute atomic E-state index is 13.0. The van der Waals surface area contributed by atoms with Gasteiger partial charge in [0.2, 0.25) is 5.91 Å². The number of piperidine rings is 1. The summed E-state index contributed by atoms with van der Waals surface area (Å²) < 4.78 is 13.0. The summed E-state index contributed by atoms with van der Waals surface area (Å²) in [6, 6.07) is 15.6. The molecule has 0 atom stereocenters. The quantitative estimate of drug-likeness (QED) is 0.755. The second kappa shape index (κ2) is 9.83. The van der Waals surface area contributed by atoms with Crippen molar-refractivity contribution in [1.29, 1.82) is 0 Å². The lowest BCUT2D eigenvalue weighted by molar-refractivity contribution is -0.122. The molecule has 28 heavy (non-hydrogen) atoms. The number of hydrogen-bond acceptors (Lipinski definition) is 2. The smallest absolute Gasteiger partial charge is 0.220 e. The second-order valence-corrected chi connectivity index (χ2v) is 8.14. The van der Waals surface area contributed by atoms with E-state index in [0.29, 0.717) is 12.3 Å². The van der Waals surface area contributed by atoms with E-state index in [-0.39, 0.29) is 17.8 Å². The number of amides is 1. The normalized spacial score (nSPS) is 15.7. The van der Waals surface area contributed by atoms with E-state index in [1.807, 2.05) is 12.1 Å². The molecule has 0 aliphatic carbocycles. The van der Waals surface area contributed by atoms with Crippen LogP contribution in [0.25, 0.3) is 0 Å². The zero-order chi connectivity index (χ0) is 19.9. The minimum atomic E-state index is -0.193. The minimum absolute atomic E-state index is 0.143. The molecule has 3 nitrogen and oxygen atoms in total. The van der Waals surface area contributed by atoms with Crippen LogP contribution in [0.5, 0.6) is 0 Å². The maximum atomic E-state index is 13.0. The summed E-state index contributed by atoms with van der Waals surface area (Å²) in [5.41, 5.74) is 3.68. The Balaban J connectivity index is 1.37. The first kappa shape index (κ1) is 20.5. The van der Waals surface area contributed by atoms with Crippen LogP contribution in [0.2, 0.25) is 0 Å². The molecule has 0 radical (unpaired) electrons. The first-order valence-corrected chi connectivity index (χ1v) is 10.3. The molecule has 4 heteroatoms. The van der Waals surface area contributed by atoms with Gasteiger partial charge in [0.05, 0.1) is 0 Å². The van der Waals surface area contributed by atoms with Crippen molar-refractivity contribution in [3.63, 3.8) is 0 Å². The fourth-order valence-electron chi connectivity index (χ4n) is 3.71. The standard InChI is InChI=1S/C24H31FN2O/c1-18(2)21-8-3-19(4-9-21)7-12-24(28)26-23-13-15-27(16-14-23)17-20-5-10-22(25)11-6-20/h3-6,8-11,18,23H,7,12-17H2,1-2H3,(H,26,28). The average Bonchev–Trinajstić information content (AvgIpc) is 2.70. The molecule has 0 unspecified atom stereocenters. The van der Waals surface area contributed by atoms with E-state index in [9.17, 15) is 9.18 Å². The van der Waals surface area contributed by atoms with Crippen LogP contribution in [-0.4, -0.2) is 29.9 Å². The molecular weight excluding hydrogens is 351 g/mol. The van der Waals surface area contributed by atoms with Crippen LogP contribution in [0.3, 0.4) is 0 Å². The molecule has 1 saturated heterocycles. The van der Waals surface area contributed by atoms with Gasteiger partial charge in [-0.3, -0.25) is 9.69 Å². The Labute approximate surface area is 167 Å². The molecule has 3 rings (SSSR count). The highest BCUT2D eigenvalue weighted by molar-refractivity contribution is 5.76. The first-order valence-electron chi connectivity index (χ1n) is 10.3. The average molecular weight is 383 g/mol. The fraction of sp³-hybridized carbons (Fsp3) is 0.458. The number of carbonyl (C=O) groups is 1. The molecule has 0 spiro atoms. The highest BCUT2D eigenvalue weighted by Crippen LogP contribution is 2.17. The molecule has 1 aliphatic rings. The lowest BCUT2D eigenvalue weighted by Crippen LogP contribution is -2.44. The number of hydrogen-bond donors (Lipinski definition) is 1. The largest absolute Gasteiger partial charge is 0.353 e. The monoisotopic (exact) mass is 382 g/mol. The summed E-state index contributed by atoms with van der Waals surface area (Å²) in [6.07, 6.45) is 3.26. The molecule has 2 aromatic rings. The molecule has 1 N–H and O–H groups in total. The van der Waals surface area contributed by atoms with Crippen molar-refractivity contribution >= 4 is 5.91 Å². The Morgan fingerprint density at radius 1 is 1.04 bits per heavy atom. The van der Waals surface area contributed by atoms with E-state index in [1.54, 1.807) is 0 Å². The molecule has 1 amide bonds. The summed E-state index contributed by atoms with van der Waals surface area (Å²) in [5.74, 6) is 0.484. The van der Waals surface area contributed by atoms with Gasteiger partial charge in [-0.05, 0) is 54.0 Å². The fourth-order valence-corrected chi connectivity index (χ4v) is 3.71. The number of aryl methyl sites for hydroxylation is 1. The lowest BCUT2D eigenvalue weighted by Gasteiger charge is -2.32. The Hall–Kier alpha value is -2.20. The number of rotatable bonds is 7. The van der Waals surface area contributed by atoms with Crippen molar-refractivity contribution in [1.82, 2.24) is 10.2 Å². The zero-order valence-corrected chi connectivity index (χ0v) is 17.0. The molecule has 150 valence electrons. The van der Waals surface area contributed by atoms with Crippen molar-refractivity contribution in [2.75, 3.05) is 13.1 Å². The molecule has 1 aliphatic heterocycles. The Kier molecular flexibility index (Phi) is 7.21. The van der Waals surface area contributed by atoms with Crippen molar-refractivity contribution in [3.05, 3.63) is 71.0 Å². The van der Waals surface area contributed by atoms with Gasteiger partial charge in [-0.1, -0.05) is 50.2 Å². The summed E-state index contributed by atoms with van der Waals surface area (Å²) in [7, 11) is 0. The maximum Gasteiger partial charge on any atom is 0.220 e. The van der Waals surface area contributed by atoms with Gasteiger partial charge in [-0.25, -0.2) is 4.39 Å². The third-order valence-electron chi connectivity index (χ3n) is 5.56. The topological polar surface area (TPSA) is 32.3 Å². The number of benzene rings is 2. The minimum Gasteiger partial charge on any atom is -0.353 e. The van der Waals surface area contributed by atoms with E-state index >= 15 is 0 Å². The van der Waals surface area contributed by atoms with Crippen molar-refractivity contribution in [3.8, 4) is 0 Å². The van der Waals surface area contributed by atoms with Gasteiger partial charge >= 0.3 is 0 Å². The van der Waals surface area contributed by atoms with E-state index in [0.717, 1.165) is 44.5 Å². The van der Waals surface area contributed by atoms with Crippen molar-refractivity contribution < 1.29 is 9.18 Å². The third kappa shape index (κ3) is 6.16. The van der Waals surface area contributed by atoms with Gasteiger partial charge in [-0.2, -0.15) is 0 Å². The second-order valence-electron chi connectivity index (χ2n) is 8.14. The van der Waals surface area contributed by atoms with E-state index in [1.165, 1.54) is 23.3 Å². The van der Waals surface area contributed by atoms with Crippen LogP contribution in [-0.2, 0) is 17.8 Å². The van der Waals surface area contributed by atoms with Crippen LogP contribution in [0.1, 0.15) is 55.7 Å². The predicted octanol–water partition coefficient (Wildman–Crippen LogP) is 4.66. The summed E-state index contributed by atoms with van der Waals surface area (Å²) in [4.78, 5) is 14.7. The molecule has 0 bridgehead atoms. The van der Waals surface area contributed by atoms with E-state index in [4.69, 9.17) is 0 Å². The number of nitrogens with one attached hydrogen (secondary N) is 1. The third-order valence-corrected chi connectivity index (χ3v) is 5.56. The highest BCUT2D eigenvalue weighted by atomic mass is 19.1. The number of likely N-dealkylation sites (tertiary alicyclic amines) is 1. The van der Waals surface area contributed by atoms with Crippen LogP contribution >= 0.6 is 0 Å². The SMILES string of the molecule is CC(C)c1ccc(CCC(=O)NC2CCN(Cc3ccc(F)cc3)CC2)cc1. The van der Waals surface area contributed by atoms with Gasteiger partial charge < -0.3 is 5.32 Å². The Morgan fingerprint density at radius 2 is 1.64 bits per heavy atom. The van der Waals surface area contributed by atoms with Crippen LogP contribution in [0.4, 0.5) is 4.39 Å². The predicted molar refractivity (Wildman–Crippen MR) is 112 cm³/mol. The molecule has 0 aromatic heterocycles. The number of halogens is 1. The summed E-state index contributed by atoms with van der Waals surface area (Å²) >= 11 is 0. The van der Waals surface area contributed by atoms with Gasteiger partial charge in [0.1, 0.15) is 5.82 Å². The first-order chi connectivity index (χ1) is 13.5. The Bertz CT molecular complexity index is 747. The summed E-state index contributed by atoms with van der Waals surface area (Å²) in [5, 5.41) is 3.20. The molecule has 1 heterocycles. The van der Waals surface area contributed by atoms with Crippen molar-refractivity contribution in [2.24, 2.45) is 0 Å². The number of nitrogens with zero attached hydrogens (tertiary/aromatic N) is 1. The lowest BCUT2D eigenvalue weighted by atomic mass is 10.00. The van der Waals surface area contributed by atoms with Crippen LogP contribution in [0, 0.1) is 5.82 Å². The van der Waals surface area contributed by atoms with Crippen molar-refractivity contribution in [2.45, 2.75) is 58.0 Å². The van der Waals surface area contributed by atoms with Crippen LogP contribution in [0.15, 0.2) is 48.5 Å². The van der Waals surface area contributed by atoms with Crippen LogP contribution < -0.4 is 5.32 Å². The summed E-state index contributed by atoms with van der Waals surface area (Å²) in [6.45, 7) is 7.13.